The van der Waals surface area contributed by atoms with E-state index in [1.807, 2.05) is 41.8 Å². The van der Waals surface area contributed by atoms with Crippen molar-refractivity contribution >= 4 is 22.9 Å². The third-order valence-corrected chi connectivity index (χ3v) is 5.53. The SMILES string of the molecule is COc1ccc(CC[NH2+]Cc2cc(Cl)c(OCc3cccs3)c(OC)c2)cc1. The summed E-state index contributed by atoms with van der Waals surface area (Å²) < 4.78 is 16.6. The zero-order chi connectivity index (χ0) is 19.8. The van der Waals surface area contributed by atoms with Crippen LogP contribution in [0.2, 0.25) is 5.02 Å². The zero-order valence-corrected chi connectivity index (χ0v) is 17.7. The summed E-state index contributed by atoms with van der Waals surface area (Å²) in [7, 11) is 3.32. The summed E-state index contributed by atoms with van der Waals surface area (Å²) in [6, 6.07) is 16.2. The lowest BCUT2D eigenvalue weighted by Crippen LogP contribution is -2.83. The molecule has 1 aromatic heterocycles. The van der Waals surface area contributed by atoms with Crippen molar-refractivity contribution in [3.8, 4) is 17.2 Å². The van der Waals surface area contributed by atoms with E-state index < -0.39 is 0 Å². The first-order valence-corrected chi connectivity index (χ1v) is 10.4. The van der Waals surface area contributed by atoms with Crippen LogP contribution in [0.1, 0.15) is 16.0 Å². The maximum Gasteiger partial charge on any atom is 0.180 e. The van der Waals surface area contributed by atoms with Crippen molar-refractivity contribution in [1.82, 2.24) is 0 Å². The van der Waals surface area contributed by atoms with Crippen molar-refractivity contribution in [3.63, 3.8) is 0 Å². The molecule has 0 spiro atoms. The number of nitrogens with two attached hydrogens (primary N) is 1. The van der Waals surface area contributed by atoms with Crippen LogP contribution in [0.15, 0.2) is 53.9 Å². The highest BCUT2D eigenvalue weighted by molar-refractivity contribution is 7.09. The van der Waals surface area contributed by atoms with Crippen molar-refractivity contribution in [3.05, 3.63) is 74.9 Å². The Morgan fingerprint density at radius 1 is 1.00 bits per heavy atom. The van der Waals surface area contributed by atoms with Crippen LogP contribution in [0.25, 0.3) is 0 Å². The van der Waals surface area contributed by atoms with Crippen LogP contribution in [0.3, 0.4) is 0 Å². The van der Waals surface area contributed by atoms with Crippen molar-refractivity contribution < 1.29 is 19.5 Å². The molecule has 0 atom stereocenters. The van der Waals surface area contributed by atoms with Crippen LogP contribution in [0.5, 0.6) is 17.2 Å². The molecule has 0 saturated carbocycles. The lowest BCUT2D eigenvalue weighted by molar-refractivity contribution is -0.670. The fourth-order valence-corrected chi connectivity index (χ4v) is 3.80. The average Bonchev–Trinajstić information content (AvgIpc) is 3.24. The second-order valence-electron chi connectivity index (χ2n) is 6.36. The predicted octanol–water partition coefficient (Wildman–Crippen LogP) is 4.30. The molecule has 0 saturated heterocycles. The first kappa shape index (κ1) is 20.5. The van der Waals surface area contributed by atoms with Crippen LogP contribution in [0.4, 0.5) is 0 Å². The van der Waals surface area contributed by atoms with Gasteiger partial charge in [-0.05, 0) is 41.3 Å². The summed E-state index contributed by atoms with van der Waals surface area (Å²) in [5, 5.41) is 4.87. The number of halogens is 1. The minimum Gasteiger partial charge on any atom is -0.497 e. The molecule has 6 heteroatoms. The fraction of sp³-hybridized carbons (Fsp3) is 0.273. The summed E-state index contributed by atoms with van der Waals surface area (Å²) >= 11 is 8.12. The van der Waals surface area contributed by atoms with Crippen molar-refractivity contribution in [2.24, 2.45) is 0 Å². The number of hydrogen-bond acceptors (Lipinski definition) is 4. The Hall–Kier alpha value is -2.21. The van der Waals surface area contributed by atoms with E-state index in [2.05, 4.69) is 17.4 Å². The highest BCUT2D eigenvalue weighted by atomic mass is 35.5. The lowest BCUT2D eigenvalue weighted by atomic mass is 10.1. The van der Waals surface area contributed by atoms with Gasteiger partial charge in [-0.15, -0.1) is 11.3 Å². The van der Waals surface area contributed by atoms with Gasteiger partial charge < -0.3 is 19.5 Å². The Morgan fingerprint density at radius 3 is 2.50 bits per heavy atom. The predicted molar refractivity (Wildman–Crippen MR) is 114 cm³/mol. The van der Waals surface area contributed by atoms with E-state index in [1.165, 1.54) is 5.56 Å². The van der Waals surface area contributed by atoms with Gasteiger partial charge >= 0.3 is 0 Å². The van der Waals surface area contributed by atoms with E-state index >= 15 is 0 Å². The Labute approximate surface area is 175 Å². The van der Waals surface area contributed by atoms with Gasteiger partial charge in [0.2, 0.25) is 0 Å². The van der Waals surface area contributed by atoms with Gasteiger partial charge in [0.15, 0.2) is 11.5 Å². The summed E-state index contributed by atoms with van der Waals surface area (Å²) in [6.45, 7) is 2.31. The quantitative estimate of drug-likeness (QED) is 0.499. The molecule has 0 aliphatic heterocycles. The molecule has 0 aliphatic carbocycles. The maximum absolute atomic E-state index is 6.46. The molecule has 0 fully saturated rings. The normalized spacial score (nSPS) is 10.7. The van der Waals surface area contributed by atoms with Gasteiger partial charge in [-0.2, -0.15) is 0 Å². The number of benzene rings is 2. The van der Waals surface area contributed by atoms with Gasteiger partial charge in [-0.1, -0.05) is 29.8 Å². The maximum atomic E-state index is 6.46. The molecular formula is C22H25ClNO3S+. The average molecular weight is 419 g/mol. The van der Waals surface area contributed by atoms with E-state index in [4.69, 9.17) is 25.8 Å². The Morgan fingerprint density at radius 2 is 1.82 bits per heavy atom. The van der Waals surface area contributed by atoms with Gasteiger partial charge in [-0.3, -0.25) is 0 Å². The standard InChI is InChI=1S/C22H24ClNO3S/c1-25-18-7-5-16(6-8-18)9-10-24-14-17-12-20(23)22(21(13-17)26-2)27-15-19-4-3-11-28-19/h3-8,11-13,24H,9-10,14-15H2,1-2H3/p+1. The van der Waals surface area contributed by atoms with E-state index in [1.54, 1.807) is 25.6 Å². The van der Waals surface area contributed by atoms with Gasteiger partial charge in [0.25, 0.3) is 0 Å². The second kappa shape index (κ2) is 10.4. The number of methoxy groups -OCH3 is 2. The molecule has 4 nitrogen and oxygen atoms in total. The molecule has 3 aromatic rings. The van der Waals surface area contributed by atoms with E-state index in [0.717, 1.165) is 35.7 Å². The van der Waals surface area contributed by atoms with E-state index in [-0.39, 0.29) is 0 Å². The molecule has 0 unspecified atom stereocenters. The molecule has 2 aromatic carbocycles. The zero-order valence-electron chi connectivity index (χ0n) is 16.1. The summed E-state index contributed by atoms with van der Waals surface area (Å²) in [6.07, 6.45) is 0.997. The minimum absolute atomic E-state index is 0.487. The van der Waals surface area contributed by atoms with E-state index in [0.29, 0.717) is 23.1 Å². The van der Waals surface area contributed by atoms with Gasteiger partial charge in [0, 0.05) is 16.9 Å². The summed E-state index contributed by atoms with van der Waals surface area (Å²) in [4.78, 5) is 1.15. The molecule has 0 amide bonds. The molecule has 148 valence electrons. The third-order valence-electron chi connectivity index (χ3n) is 4.40. The van der Waals surface area contributed by atoms with E-state index in [9.17, 15) is 0 Å². The summed E-state index contributed by atoms with van der Waals surface area (Å²) in [5.41, 5.74) is 2.41. The Kier molecular flexibility index (Phi) is 7.60. The van der Waals surface area contributed by atoms with Crippen molar-refractivity contribution in [2.75, 3.05) is 20.8 Å². The highest BCUT2D eigenvalue weighted by Crippen LogP contribution is 2.37. The summed E-state index contributed by atoms with van der Waals surface area (Å²) in [5.74, 6) is 2.15. The van der Waals surface area contributed by atoms with Crippen LogP contribution in [-0.2, 0) is 19.6 Å². The fourth-order valence-electron chi connectivity index (χ4n) is 2.90. The lowest BCUT2D eigenvalue weighted by Gasteiger charge is -2.13. The van der Waals surface area contributed by atoms with Crippen LogP contribution < -0.4 is 19.5 Å². The van der Waals surface area contributed by atoms with Crippen molar-refractivity contribution in [1.29, 1.82) is 0 Å². The largest absolute Gasteiger partial charge is 0.497 e. The number of thiophene rings is 1. The topological polar surface area (TPSA) is 44.3 Å². The van der Waals surface area contributed by atoms with Crippen LogP contribution in [-0.4, -0.2) is 20.8 Å². The minimum atomic E-state index is 0.487. The molecule has 0 radical (unpaired) electrons. The molecule has 28 heavy (non-hydrogen) atoms. The molecule has 0 bridgehead atoms. The monoisotopic (exact) mass is 418 g/mol. The van der Waals surface area contributed by atoms with Crippen LogP contribution >= 0.6 is 22.9 Å². The molecule has 0 aliphatic rings. The van der Waals surface area contributed by atoms with Gasteiger partial charge in [0.05, 0.1) is 25.8 Å². The number of hydrogen-bond donors (Lipinski definition) is 1. The van der Waals surface area contributed by atoms with Gasteiger partial charge in [-0.25, -0.2) is 0 Å². The smallest absolute Gasteiger partial charge is 0.180 e. The van der Waals surface area contributed by atoms with Gasteiger partial charge in [0.1, 0.15) is 18.9 Å². The molecular weight excluding hydrogens is 394 g/mol. The number of rotatable bonds is 10. The highest BCUT2D eigenvalue weighted by Gasteiger charge is 2.13. The first-order chi connectivity index (χ1) is 13.7. The number of ether oxygens (including phenoxy) is 3. The number of quaternary nitrogens is 1. The Balaban J connectivity index is 1.54. The second-order valence-corrected chi connectivity index (χ2v) is 7.80. The third kappa shape index (κ3) is 5.64. The Bertz CT molecular complexity index is 866. The first-order valence-electron chi connectivity index (χ1n) is 9.15. The molecule has 1 heterocycles. The van der Waals surface area contributed by atoms with Crippen LogP contribution in [0, 0.1) is 0 Å². The molecule has 2 N–H and O–H groups in total. The van der Waals surface area contributed by atoms with Crippen molar-refractivity contribution in [2.45, 2.75) is 19.6 Å². The molecule has 3 rings (SSSR count).